The number of ether oxygens (including phenoxy) is 1. The Morgan fingerprint density at radius 3 is 3.06 bits per heavy atom. The summed E-state index contributed by atoms with van der Waals surface area (Å²) in [7, 11) is 0. The van der Waals surface area contributed by atoms with Gasteiger partial charge < -0.3 is 9.30 Å². The number of rotatable bonds is 2. The predicted molar refractivity (Wildman–Crippen MR) is 71.9 cm³/mol. The van der Waals surface area contributed by atoms with Crippen molar-refractivity contribution in [1.82, 2.24) is 4.57 Å². The summed E-state index contributed by atoms with van der Waals surface area (Å²) in [6, 6.07) is 9.93. The SMILES string of the molecule is Clc1cccc(-n2ccc([C@@H]3OCCS3)c2)c1. The second-order valence-electron chi connectivity index (χ2n) is 3.91. The van der Waals surface area contributed by atoms with E-state index in [1.807, 2.05) is 42.2 Å². The lowest BCUT2D eigenvalue weighted by atomic mass is 10.3. The van der Waals surface area contributed by atoms with E-state index in [9.17, 15) is 0 Å². The van der Waals surface area contributed by atoms with Crippen molar-refractivity contribution in [2.24, 2.45) is 0 Å². The lowest BCUT2D eigenvalue weighted by Gasteiger charge is -2.06. The maximum atomic E-state index is 5.99. The Morgan fingerprint density at radius 1 is 1.35 bits per heavy atom. The van der Waals surface area contributed by atoms with Gasteiger partial charge in [-0.2, -0.15) is 0 Å². The Hall–Kier alpha value is -0.900. The summed E-state index contributed by atoms with van der Waals surface area (Å²) in [5.74, 6) is 1.08. The molecule has 88 valence electrons. The van der Waals surface area contributed by atoms with Gasteiger partial charge in [-0.25, -0.2) is 0 Å². The Kier molecular flexibility index (Phi) is 3.14. The van der Waals surface area contributed by atoms with Crippen LogP contribution in [-0.4, -0.2) is 16.9 Å². The summed E-state index contributed by atoms with van der Waals surface area (Å²) in [6.45, 7) is 0.845. The minimum absolute atomic E-state index is 0.190. The molecule has 0 amide bonds. The molecule has 4 heteroatoms. The van der Waals surface area contributed by atoms with Crippen LogP contribution < -0.4 is 0 Å². The van der Waals surface area contributed by atoms with E-state index in [-0.39, 0.29) is 5.44 Å². The van der Waals surface area contributed by atoms with Crippen molar-refractivity contribution in [3.05, 3.63) is 53.3 Å². The maximum Gasteiger partial charge on any atom is 0.130 e. The van der Waals surface area contributed by atoms with E-state index in [2.05, 4.69) is 16.8 Å². The van der Waals surface area contributed by atoms with Gasteiger partial charge in [-0.1, -0.05) is 17.7 Å². The van der Waals surface area contributed by atoms with E-state index in [4.69, 9.17) is 16.3 Å². The zero-order valence-corrected chi connectivity index (χ0v) is 10.7. The molecule has 0 radical (unpaired) electrons. The Balaban J connectivity index is 1.89. The van der Waals surface area contributed by atoms with E-state index in [1.165, 1.54) is 5.56 Å². The van der Waals surface area contributed by atoms with Crippen molar-refractivity contribution >= 4 is 23.4 Å². The Labute approximate surface area is 110 Å². The van der Waals surface area contributed by atoms with Gasteiger partial charge in [-0.05, 0) is 24.3 Å². The van der Waals surface area contributed by atoms with E-state index >= 15 is 0 Å². The topological polar surface area (TPSA) is 14.2 Å². The molecule has 0 aliphatic carbocycles. The largest absolute Gasteiger partial charge is 0.362 e. The van der Waals surface area contributed by atoms with Crippen molar-refractivity contribution in [1.29, 1.82) is 0 Å². The van der Waals surface area contributed by atoms with Crippen LogP contribution in [0.2, 0.25) is 5.02 Å². The third-order valence-corrected chi connectivity index (χ3v) is 4.06. The van der Waals surface area contributed by atoms with E-state index < -0.39 is 0 Å². The fraction of sp³-hybridized carbons (Fsp3) is 0.231. The molecular weight excluding hydrogens is 254 g/mol. The van der Waals surface area contributed by atoms with E-state index in [0.29, 0.717) is 0 Å². The molecule has 1 saturated heterocycles. The fourth-order valence-corrected chi connectivity index (χ4v) is 3.02. The molecule has 17 heavy (non-hydrogen) atoms. The highest BCUT2D eigenvalue weighted by Gasteiger charge is 2.19. The van der Waals surface area contributed by atoms with Crippen LogP contribution in [-0.2, 0) is 4.74 Å². The second kappa shape index (κ2) is 4.77. The van der Waals surface area contributed by atoms with Crippen molar-refractivity contribution in [3.8, 4) is 5.69 Å². The van der Waals surface area contributed by atoms with E-state index in [1.54, 1.807) is 0 Å². The van der Waals surface area contributed by atoms with Crippen LogP contribution in [0.5, 0.6) is 0 Å². The molecule has 0 N–H and O–H groups in total. The zero-order valence-electron chi connectivity index (χ0n) is 9.17. The van der Waals surface area contributed by atoms with E-state index in [0.717, 1.165) is 23.1 Å². The quantitative estimate of drug-likeness (QED) is 0.818. The lowest BCUT2D eigenvalue weighted by molar-refractivity contribution is 0.145. The molecule has 2 aromatic rings. The van der Waals surface area contributed by atoms with Crippen LogP contribution in [0.25, 0.3) is 5.69 Å². The standard InChI is InChI=1S/C13H12ClNOS/c14-11-2-1-3-12(8-11)15-5-4-10(9-15)13-16-6-7-17-13/h1-5,8-9,13H,6-7H2/t13-/m1/s1. The van der Waals surface area contributed by atoms with Crippen LogP contribution in [0.1, 0.15) is 11.0 Å². The van der Waals surface area contributed by atoms with Crippen molar-refractivity contribution < 1.29 is 4.74 Å². The first kappa shape index (κ1) is 11.2. The highest BCUT2D eigenvalue weighted by Crippen LogP contribution is 2.35. The molecule has 0 unspecified atom stereocenters. The number of hydrogen-bond acceptors (Lipinski definition) is 2. The number of thioether (sulfide) groups is 1. The molecule has 0 spiro atoms. The fourth-order valence-electron chi connectivity index (χ4n) is 1.90. The highest BCUT2D eigenvalue weighted by molar-refractivity contribution is 7.99. The molecule has 1 aliphatic heterocycles. The predicted octanol–water partition coefficient (Wildman–Crippen LogP) is 3.89. The van der Waals surface area contributed by atoms with Crippen LogP contribution in [0.3, 0.4) is 0 Å². The molecular formula is C13H12ClNOS. The van der Waals surface area contributed by atoms with Gasteiger partial charge in [-0.3, -0.25) is 0 Å². The number of halogens is 1. The van der Waals surface area contributed by atoms with Gasteiger partial charge in [0.1, 0.15) is 5.44 Å². The molecule has 1 aromatic heterocycles. The lowest BCUT2D eigenvalue weighted by Crippen LogP contribution is -1.92. The van der Waals surface area contributed by atoms with Gasteiger partial charge >= 0.3 is 0 Å². The molecule has 3 rings (SSSR count). The van der Waals surface area contributed by atoms with Gasteiger partial charge in [-0.15, -0.1) is 11.8 Å². The maximum absolute atomic E-state index is 5.99. The number of benzene rings is 1. The van der Waals surface area contributed by atoms with Crippen LogP contribution in [0.4, 0.5) is 0 Å². The van der Waals surface area contributed by atoms with Gasteiger partial charge in [0.25, 0.3) is 0 Å². The van der Waals surface area contributed by atoms with Crippen molar-refractivity contribution in [2.45, 2.75) is 5.44 Å². The molecule has 1 aromatic carbocycles. The summed E-state index contributed by atoms with van der Waals surface area (Å²) >= 11 is 7.83. The molecule has 0 saturated carbocycles. The zero-order chi connectivity index (χ0) is 11.7. The Morgan fingerprint density at radius 2 is 2.29 bits per heavy atom. The summed E-state index contributed by atoms with van der Waals surface area (Å²) < 4.78 is 7.71. The minimum Gasteiger partial charge on any atom is -0.362 e. The van der Waals surface area contributed by atoms with Gasteiger partial charge in [0.05, 0.1) is 6.61 Å². The summed E-state index contributed by atoms with van der Waals surface area (Å²) in [6.07, 6.45) is 4.15. The first-order valence-electron chi connectivity index (χ1n) is 5.50. The molecule has 1 atom stereocenters. The second-order valence-corrected chi connectivity index (χ2v) is 5.51. The Bertz CT molecular complexity index is 520. The third-order valence-electron chi connectivity index (χ3n) is 2.72. The third kappa shape index (κ3) is 2.37. The molecule has 2 nitrogen and oxygen atoms in total. The van der Waals surface area contributed by atoms with Gasteiger partial charge in [0, 0.05) is 34.4 Å². The van der Waals surface area contributed by atoms with Crippen LogP contribution in [0.15, 0.2) is 42.7 Å². The number of hydrogen-bond donors (Lipinski definition) is 0. The monoisotopic (exact) mass is 265 g/mol. The molecule has 2 heterocycles. The average molecular weight is 266 g/mol. The summed E-state index contributed by atoms with van der Waals surface area (Å²) in [5, 5.41) is 0.754. The van der Waals surface area contributed by atoms with Crippen molar-refractivity contribution in [2.75, 3.05) is 12.4 Å². The number of aromatic nitrogens is 1. The smallest absolute Gasteiger partial charge is 0.130 e. The van der Waals surface area contributed by atoms with Gasteiger partial charge in [0.15, 0.2) is 0 Å². The van der Waals surface area contributed by atoms with Crippen LogP contribution >= 0.6 is 23.4 Å². The molecule has 1 aliphatic rings. The summed E-state index contributed by atoms with van der Waals surface area (Å²) in [4.78, 5) is 0. The average Bonchev–Trinajstić information content (AvgIpc) is 3.00. The first-order chi connectivity index (χ1) is 8.33. The number of nitrogens with zero attached hydrogens (tertiary/aromatic N) is 1. The molecule has 0 bridgehead atoms. The van der Waals surface area contributed by atoms with Crippen LogP contribution in [0, 0.1) is 0 Å². The highest BCUT2D eigenvalue weighted by atomic mass is 35.5. The van der Waals surface area contributed by atoms with Crippen molar-refractivity contribution in [3.63, 3.8) is 0 Å². The minimum atomic E-state index is 0.190. The first-order valence-corrected chi connectivity index (χ1v) is 6.93. The molecule has 1 fully saturated rings. The van der Waals surface area contributed by atoms with Gasteiger partial charge in [0.2, 0.25) is 0 Å². The normalized spacial score (nSPS) is 19.7. The summed E-state index contributed by atoms with van der Waals surface area (Å²) in [5.41, 5.74) is 2.48.